The second-order valence-corrected chi connectivity index (χ2v) is 5.16. The summed E-state index contributed by atoms with van der Waals surface area (Å²) < 4.78 is 5.43. The second kappa shape index (κ2) is 5.83. The van der Waals surface area contributed by atoms with Crippen LogP contribution in [0.3, 0.4) is 0 Å². The van der Waals surface area contributed by atoms with E-state index in [9.17, 15) is 4.79 Å². The van der Waals surface area contributed by atoms with Crippen molar-refractivity contribution < 1.29 is 9.53 Å². The summed E-state index contributed by atoms with van der Waals surface area (Å²) in [6.07, 6.45) is 4.63. The fourth-order valence-electron chi connectivity index (χ4n) is 2.48. The number of nitrogens with one attached hydrogen (secondary N) is 1. The van der Waals surface area contributed by atoms with Crippen LogP contribution in [-0.4, -0.2) is 49.7 Å². The molecule has 98 valence electrons. The first-order chi connectivity index (χ1) is 8.27. The highest BCUT2D eigenvalue weighted by Gasteiger charge is 2.40. The quantitative estimate of drug-likeness (QED) is 0.753. The first-order valence-corrected chi connectivity index (χ1v) is 6.83. The molecule has 0 bridgehead atoms. The summed E-state index contributed by atoms with van der Waals surface area (Å²) >= 11 is 0. The zero-order chi connectivity index (χ0) is 12.3. The van der Waals surface area contributed by atoms with E-state index in [2.05, 4.69) is 17.1 Å². The van der Waals surface area contributed by atoms with Crippen LogP contribution in [0.2, 0.25) is 0 Å². The molecule has 1 saturated carbocycles. The summed E-state index contributed by atoms with van der Waals surface area (Å²) in [6.45, 7) is 4.34. The van der Waals surface area contributed by atoms with E-state index in [4.69, 9.17) is 4.74 Å². The number of amides is 1. The largest absolute Gasteiger partial charge is 0.379 e. The topological polar surface area (TPSA) is 41.6 Å². The standard InChI is InChI=1S/C13H24N2O2/c1-3-4-7-15(10-5-6-10)13(16)11-8-17-9-12(11)14-2/h10-12,14H,3-9H2,1-2H3. The van der Waals surface area contributed by atoms with E-state index in [0.717, 1.165) is 19.4 Å². The van der Waals surface area contributed by atoms with E-state index in [-0.39, 0.29) is 12.0 Å². The molecular weight excluding hydrogens is 216 g/mol. The molecule has 1 saturated heterocycles. The molecule has 1 heterocycles. The number of nitrogens with zero attached hydrogens (tertiary/aromatic N) is 1. The molecule has 2 fully saturated rings. The van der Waals surface area contributed by atoms with Crippen LogP contribution in [0.15, 0.2) is 0 Å². The van der Waals surface area contributed by atoms with Gasteiger partial charge in [0.1, 0.15) is 0 Å². The molecular formula is C13H24N2O2. The number of ether oxygens (including phenoxy) is 1. The molecule has 2 rings (SSSR count). The first-order valence-electron chi connectivity index (χ1n) is 6.83. The fourth-order valence-corrected chi connectivity index (χ4v) is 2.48. The van der Waals surface area contributed by atoms with Gasteiger partial charge in [0.05, 0.1) is 19.1 Å². The lowest BCUT2D eigenvalue weighted by Gasteiger charge is -2.27. The number of carbonyl (C=O) groups excluding carboxylic acids is 1. The van der Waals surface area contributed by atoms with Crippen molar-refractivity contribution in [2.24, 2.45) is 5.92 Å². The lowest BCUT2D eigenvalue weighted by molar-refractivity contribution is -0.136. The molecule has 4 nitrogen and oxygen atoms in total. The molecule has 1 N–H and O–H groups in total. The van der Waals surface area contributed by atoms with Crippen LogP contribution in [0.4, 0.5) is 0 Å². The zero-order valence-corrected chi connectivity index (χ0v) is 10.9. The predicted molar refractivity (Wildman–Crippen MR) is 66.8 cm³/mol. The number of carbonyl (C=O) groups is 1. The van der Waals surface area contributed by atoms with Crippen LogP contribution in [-0.2, 0) is 9.53 Å². The Labute approximate surface area is 104 Å². The van der Waals surface area contributed by atoms with E-state index >= 15 is 0 Å². The van der Waals surface area contributed by atoms with Crippen LogP contribution >= 0.6 is 0 Å². The molecule has 0 aromatic heterocycles. The lowest BCUT2D eigenvalue weighted by atomic mass is 10.0. The van der Waals surface area contributed by atoms with Crippen molar-refractivity contribution in [3.05, 3.63) is 0 Å². The van der Waals surface area contributed by atoms with Gasteiger partial charge in [-0.15, -0.1) is 0 Å². The molecule has 4 heteroatoms. The van der Waals surface area contributed by atoms with Crippen LogP contribution < -0.4 is 5.32 Å². The lowest BCUT2D eigenvalue weighted by Crippen LogP contribution is -2.46. The summed E-state index contributed by atoms with van der Waals surface area (Å²) in [5.41, 5.74) is 0. The second-order valence-electron chi connectivity index (χ2n) is 5.16. The van der Waals surface area contributed by atoms with Gasteiger partial charge in [-0.25, -0.2) is 0 Å². The van der Waals surface area contributed by atoms with Crippen LogP contribution in [0.25, 0.3) is 0 Å². The molecule has 0 radical (unpaired) electrons. The van der Waals surface area contributed by atoms with Crippen molar-refractivity contribution >= 4 is 5.91 Å². The maximum Gasteiger partial charge on any atom is 0.229 e. The molecule has 1 aliphatic carbocycles. The summed E-state index contributed by atoms with van der Waals surface area (Å²) in [5.74, 6) is 0.329. The Kier molecular flexibility index (Phi) is 4.40. The summed E-state index contributed by atoms with van der Waals surface area (Å²) in [7, 11) is 1.91. The van der Waals surface area contributed by atoms with Gasteiger partial charge in [0.15, 0.2) is 0 Å². The molecule has 0 spiro atoms. The predicted octanol–water partition coefficient (Wildman–Crippen LogP) is 1.01. The molecule has 2 unspecified atom stereocenters. The molecule has 2 aliphatic rings. The monoisotopic (exact) mass is 240 g/mol. The normalized spacial score (nSPS) is 28.4. The smallest absolute Gasteiger partial charge is 0.229 e. The van der Waals surface area contributed by atoms with Gasteiger partial charge in [-0.05, 0) is 26.3 Å². The Morgan fingerprint density at radius 2 is 2.18 bits per heavy atom. The van der Waals surface area contributed by atoms with Crippen molar-refractivity contribution in [3.8, 4) is 0 Å². The highest BCUT2D eigenvalue weighted by molar-refractivity contribution is 5.80. The molecule has 0 aromatic carbocycles. The third-order valence-corrected chi connectivity index (χ3v) is 3.79. The van der Waals surface area contributed by atoms with Crippen molar-refractivity contribution in [3.63, 3.8) is 0 Å². The molecule has 1 aliphatic heterocycles. The maximum absolute atomic E-state index is 12.5. The number of hydrogen-bond acceptors (Lipinski definition) is 3. The number of hydrogen-bond donors (Lipinski definition) is 1. The summed E-state index contributed by atoms with van der Waals surface area (Å²) in [6, 6.07) is 0.720. The van der Waals surface area contributed by atoms with Crippen molar-refractivity contribution in [1.82, 2.24) is 10.2 Å². The van der Waals surface area contributed by atoms with Gasteiger partial charge in [0.25, 0.3) is 0 Å². The number of rotatable bonds is 6. The molecule has 17 heavy (non-hydrogen) atoms. The van der Waals surface area contributed by atoms with Crippen LogP contribution in [0.5, 0.6) is 0 Å². The van der Waals surface area contributed by atoms with Crippen molar-refractivity contribution in [2.75, 3.05) is 26.8 Å². The third kappa shape index (κ3) is 2.99. The zero-order valence-electron chi connectivity index (χ0n) is 10.9. The fraction of sp³-hybridized carbons (Fsp3) is 0.923. The number of unbranched alkanes of at least 4 members (excludes halogenated alkanes) is 1. The molecule has 0 aromatic rings. The Morgan fingerprint density at radius 1 is 1.41 bits per heavy atom. The third-order valence-electron chi connectivity index (χ3n) is 3.79. The highest BCUT2D eigenvalue weighted by Crippen LogP contribution is 2.30. The van der Waals surface area contributed by atoms with Crippen LogP contribution in [0.1, 0.15) is 32.6 Å². The molecule has 2 atom stereocenters. The van der Waals surface area contributed by atoms with E-state index in [0.29, 0.717) is 25.2 Å². The SMILES string of the molecule is CCCCN(C(=O)C1COCC1NC)C1CC1. The van der Waals surface area contributed by atoms with Gasteiger partial charge < -0.3 is 15.0 Å². The van der Waals surface area contributed by atoms with E-state index in [1.807, 2.05) is 7.05 Å². The Hall–Kier alpha value is -0.610. The minimum Gasteiger partial charge on any atom is -0.379 e. The Bertz CT molecular complexity index is 266. The van der Waals surface area contributed by atoms with E-state index in [1.165, 1.54) is 12.8 Å². The highest BCUT2D eigenvalue weighted by atomic mass is 16.5. The van der Waals surface area contributed by atoms with E-state index in [1.54, 1.807) is 0 Å². The van der Waals surface area contributed by atoms with Crippen LogP contribution in [0, 0.1) is 5.92 Å². The van der Waals surface area contributed by atoms with Gasteiger partial charge in [0.2, 0.25) is 5.91 Å². The Balaban J connectivity index is 1.95. The van der Waals surface area contributed by atoms with Crippen molar-refractivity contribution in [1.29, 1.82) is 0 Å². The number of likely N-dealkylation sites (N-methyl/N-ethyl adjacent to an activating group) is 1. The summed E-state index contributed by atoms with van der Waals surface area (Å²) in [5, 5.41) is 3.19. The maximum atomic E-state index is 12.5. The van der Waals surface area contributed by atoms with Gasteiger partial charge in [0, 0.05) is 18.6 Å². The van der Waals surface area contributed by atoms with Crippen molar-refractivity contribution in [2.45, 2.75) is 44.7 Å². The first kappa shape index (κ1) is 12.8. The minimum absolute atomic E-state index is 0.0254. The average Bonchev–Trinajstić information content (AvgIpc) is 3.06. The average molecular weight is 240 g/mol. The van der Waals surface area contributed by atoms with E-state index < -0.39 is 0 Å². The van der Waals surface area contributed by atoms with Gasteiger partial charge in [-0.2, -0.15) is 0 Å². The summed E-state index contributed by atoms with van der Waals surface area (Å²) in [4.78, 5) is 14.6. The minimum atomic E-state index is 0.0254. The Morgan fingerprint density at radius 3 is 2.76 bits per heavy atom. The van der Waals surface area contributed by atoms with Gasteiger partial charge in [-0.1, -0.05) is 13.3 Å². The molecule has 1 amide bonds. The van der Waals surface area contributed by atoms with Gasteiger partial charge in [-0.3, -0.25) is 4.79 Å². The van der Waals surface area contributed by atoms with Gasteiger partial charge >= 0.3 is 0 Å².